The average Bonchev–Trinajstić information content (AvgIpc) is 2.84. The fourth-order valence-electron chi connectivity index (χ4n) is 3.48. The maximum absolute atomic E-state index is 5.42. The van der Waals surface area contributed by atoms with Crippen molar-refractivity contribution in [2.24, 2.45) is 4.99 Å². The van der Waals surface area contributed by atoms with Gasteiger partial charge in [0, 0.05) is 38.9 Å². The number of methoxy groups -OCH3 is 3. The van der Waals surface area contributed by atoms with Crippen LogP contribution in [0.25, 0.3) is 0 Å². The number of hydrogen-bond acceptors (Lipinski definition) is 6. The van der Waals surface area contributed by atoms with E-state index in [0.29, 0.717) is 36.3 Å². The highest BCUT2D eigenvalue weighted by Gasteiger charge is 2.14. The van der Waals surface area contributed by atoms with Crippen LogP contribution < -0.4 is 29.7 Å². The number of hydrogen-bond donors (Lipinski definition) is 2. The predicted molar refractivity (Wildman–Crippen MR) is 123 cm³/mol. The molecule has 1 aliphatic heterocycles. The molecule has 0 saturated carbocycles. The predicted octanol–water partition coefficient (Wildman–Crippen LogP) is 2.41. The lowest BCUT2D eigenvalue weighted by Gasteiger charge is -2.28. The quantitative estimate of drug-likeness (QED) is 0.494. The molecule has 1 aliphatic rings. The number of nitrogens with zero attached hydrogens (tertiary/aromatic N) is 2. The summed E-state index contributed by atoms with van der Waals surface area (Å²) in [6, 6.07) is 12.5. The van der Waals surface area contributed by atoms with E-state index in [-0.39, 0.29) is 0 Å². The zero-order valence-electron chi connectivity index (χ0n) is 18.7. The number of aliphatic imine (C=N–C) groups is 1. The maximum atomic E-state index is 5.42. The number of rotatable bonds is 8. The van der Waals surface area contributed by atoms with Crippen molar-refractivity contribution in [2.45, 2.75) is 13.1 Å². The largest absolute Gasteiger partial charge is 0.493 e. The van der Waals surface area contributed by atoms with E-state index in [0.717, 1.165) is 31.9 Å². The van der Waals surface area contributed by atoms with Gasteiger partial charge in [0.15, 0.2) is 17.5 Å². The molecule has 168 valence electrons. The molecule has 0 radical (unpaired) electrons. The molecule has 1 heterocycles. The van der Waals surface area contributed by atoms with E-state index in [1.165, 1.54) is 11.3 Å². The minimum atomic E-state index is 0.562. The second-order valence-electron chi connectivity index (χ2n) is 7.08. The number of nitrogens with one attached hydrogen (secondary N) is 2. The van der Waals surface area contributed by atoms with Crippen LogP contribution in [0.15, 0.2) is 41.4 Å². The van der Waals surface area contributed by atoms with Crippen LogP contribution in [0.4, 0.5) is 5.69 Å². The van der Waals surface area contributed by atoms with E-state index in [9.17, 15) is 0 Å². The van der Waals surface area contributed by atoms with Crippen LogP contribution in [0.5, 0.6) is 17.2 Å². The van der Waals surface area contributed by atoms with Gasteiger partial charge in [0.25, 0.3) is 0 Å². The van der Waals surface area contributed by atoms with E-state index < -0.39 is 0 Å². The van der Waals surface area contributed by atoms with Gasteiger partial charge in [-0.25, -0.2) is 0 Å². The van der Waals surface area contributed by atoms with Gasteiger partial charge < -0.3 is 34.5 Å². The first-order chi connectivity index (χ1) is 15.2. The number of morpholine rings is 1. The summed E-state index contributed by atoms with van der Waals surface area (Å²) in [6.45, 7) is 4.70. The van der Waals surface area contributed by atoms with Crippen molar-refractivity contribution in [3.8, 4) is 17.2 Å². The number of anilines is 1. The van der Waals surface area contributed by atoms with Crippen LogP contribution in [0, 0.1) is 0 Å². The lowest BCUT2D eigenvalue weighted by Crippen LogP contribution is -2.36. The Kier molecular flexibility index (Phi) is 8.23. The molecule has 0 aliphatic carbocycles. The first-order valence-corrected chi connectivity index (χ1v) is 10.3. The van der Waals surface area contributed by atoms with Crippen LogP contribution >= 0.6 is 0 Å². The highest BCUT2D eigenvalue weighted by molar-refractivity contribution is 5.79. The molecule has 1 saturated heterocycles. The van der Waals surface area contributed by atoms with Crippen molar-refractivity contribution in [3.05, 3.63) is 47.5 Å². The molecule has 0 unspecified atom stereocenters. The average molecular weight is 429 g/mol. The van der Waals surface area contributed by atoms with Crippen molar-refractivity contribution in [3.63, 3.8) is 0 Å². The Morgan fingerprint density at radius 3 is 2.00 bits per heavy atom. The lowest BCUT2D eigenvalue weighted by molar-refractivity contribution is 0.122. The van der Waals surface area contributed by atoms with Gasteiger partial charge in [-0.05, 0) is 35.4 Å². The minimum absolute atomic E-state index is 0.562. The third-order valence-corrected chi connectivity index (χ3v) is 5.18. The lowest BCUT2D eigenvalue weighted by atomic mass is 10.1. The van der Waals surface area contributed by atoms with E-state index >= 15 is 0 Å². The van der Waals surface area contributed by atoms with Crippen molar-refractivity contribution in [1.29, 1.82) is 0 Å². The summed E-state index contributed by atoms with van der Waals surface area (Å²) < 4.78 is 21.6. The number of guanidine groups is 1. The van der Waals surface area contributed by atoms with Crippen molar-refractivity contribution in [2.75, 3.05) is 59.6 Å². The van der Waals surface area contributed by atoms with Crippen molar-refractivity contribution in [1.82, 2.24) is 10.6 Å². The molecule has 31 heavy (non-hydrogen) atoms. The first kappa shape index (κ1) is 22.6. The molecule has 2 N–H and O–H groups in total. The van der Waals surface area contributed by atoms with Gasteiger partial charge in [0.05, 0.1) is 34.5 Å². The SMILES string of the molecule is CN=C(NCc1ccc(N2CCOCC2)cc1)NCc1cc(OC)c(OC)c(OC)c1. The molecule has 0 atom stereocenters. The molecule has 8 heteroatoms. The summed E-state index contributed by atoms with van der Waals surface area (Å²) in [5, 5.41) is 6.68. The monoisotopic (exact) mass is 428 g/mol. The van der Waals surface area contributed by atoms with Crippen molar-refractivity contribution < 1.29 is 18.9 Å². The van der Waals surface area contributed by atoms with Gasteiger partial charge in [0.2, 0.25) is 5.75 Å². The van der Waals surface area contributed by atoms with E-state index in [1.54, 1.807) is 28.4 Å². The van der Waals surface area contributed by atoms with E-state index in [4.69, 9.17) is 18.9 Å². The zero-order valence-corrected chi connectivity index (χ0v) is 18.7. The fraction of sp³-hybridized carbons (Fsp3) is 0.435. The topological polar surface area (TPSA) is 76.6 Å². The summed E-state index contributed by atoms with van der Waals surface area (Å²) in [7, 11) is 6.57. The molecule has 0 amide bonds. The summed E-state index contributed by atoms with van der Waals surface area (Å²) in [5.74, 6) is 2.55. The highest BCUT2D eigenvalue weighted by Crippen LogP contribution is 2.38. The summed E-state index contributed by atoms with van der Waals surface area (Å²) in [6.07, 6.45) is 0. The number of benzene rings is 2. The van der Waals surface area contributed by atoms with E-state index in [1.807, 2.05) is 12.1 Å². The maximum Gasteiger partial charge on any atom is 0.203 e. The summed E-state index contributed by atoms with van der Waals surface area (Å²) in [5.41, 5.74) is 3.41. The Balaban J connectivity index is 1.55. The number of ether oxygens (including phenoxy) is 4. The Labute approximate surface area is 184 Å². The molecular formula is C23H32N4O4. The van der Waals surface area contributed by atoms with Gasteiger partial charge in [0.1, 0.15) is 0 Å². The Hall–Kier alpha value is -3.13. The molecule has 0 aromatic heterocycles. The molecule has 2 aromatic rings. The molecule has 0 bridgehead atoms. The van der Waals surface area contributed by atoms with Gasteiger partial charge in [-0.3, -0.25) is 4.99 Å². The first-order valence-electron chi connectivity index (χ1n) is 10.3. The third-order valence-electron chi connectivity index (χ3n) is 5.18. The summed E-state index contributed by atoms with van der Waals surface area (Å²) in [4.78, 5) is 6.66. The Bertz CT molecular complexity index is 839. The second-order valence-corrected chi connectivity index (χ2v) is 7.08. The second kappa shape index (κ2) is 11.3. The minimum Gasteiger partial charge on any atom is -0.493 e. The standard InChI is InChI=1S/C23H32N4O4/c1-24-23(26-16-18-13-20(28-2)22(30-4)21(14-18)29-3)25-15-17-5-7-19(8-6-17)27-9-11-31-12-10-27/h5-8,13-14H,9-12,15-16H2,1-4H3,(H2,24,25,26). The third kappa shape index (κ3) is 5.95. The van der Waals surface area contributed by atoms with Crippen molar-refractivity contribution >= 4 is 11.6 Å². The molecule has 8 nitrogen and oxygen atoms in total. The van der Waals surface area contributed by atoms with Gasteiger partial charge >= 0.3 is 0 Å². The summed E-state index contributed by atoms with van der Waals surface area (Å²) >= 11 is 0. The zero-order chi connectivity index (χ0) is 22.1. The van der Waals surface area contributed by atoms with E-state index in [2.05, 4.69) is 44.8 Å². The van der Waals surface area contributed by atoms with Crippen LogP contribution in [0.2, 0.25) is 0 Å². The molecule has 2 aromatic carbocycles. The van der Waals surface area contributed by atoms with Crippen LogP contribution in [0.1, 0.15) is 11.1 Å². The highest BCUT2D eigenvalue weighted by atomic mass is 16.5. The molecule has 1 fully saturated rings. The molecular weight excluding hydrogens is 396 g/mol. The normalized spacial score (nSPS) is 14.2. The van der Waals surface area contributed by atoms with Gasteiger partial charge in [-0.1, -0.05) is 12.1 Å². The smallest absolute Gasteiger partial charge is 0.203 e. The van der Waals surface area contributed by atoms with Gasteiger partial charge in [-0.15, -0.1) is 0 Å². The van der Waals surface area contributed by atoms with Crippen LogP contribution in [-0.4, -0.2) is 60.6 Å². The molecule has 0 spiro atoms. The Morgan fingerprint density at radius 1 is 0.903 bits per heavy atom. The molecule has 3 rings (SSSR count). The Morgan fingerprint density at radius 2 is 1.48 bits per heavy atom. The fourth-order valence-corrected chi connectivity index (χ4v) is 3.48. The van der Waals surface area contributed by atoms with Gasteiger partial charge in [-0.2, -0.15) is 0 Å². The van der Waals surface area contributed by atoms with Crippen LogP contribution in [0.3, 0.4) is 0 Å². The van der Waals surface area contributed by atoms with Crippen LogP contribution in [-0.2, 0) is 17.8 Å².